The zero-order chi connectivity index (χ0) is 12.0. The highest BCUT2D eigenvalue weighted by Crippen LogP contribution is 2.35. The van der Waals surface area contributed by atoms with Crippen molar-refractivity contribution in [2.45, 2.75) is 44.7 Å². The Balaban J connectivity index is 2.07. The third-order valence-corrected chi connectivity index (χ3v) is 3.93. The molecule has 0 atom stereocenters. The van der Waals surface area contributed by atoms with Gasteiger partial charge in [0.1, 0.15) is 0 Å². The van der Waals surface area contributed by atoms with Gasteiger partial charge in [-0.3, -0.25) is 0 Å². The first kappa shape index (κ1) is 10.8. The van der Waals surface area contributed by atoms with Crippen LogP contribution >= 0.6 is 0 Å². The van der Waals surface area contributed by atoms with Gasteiger partial charge in [-0.15, -0.1) is 0 Å². The van der Waals surface area contributed by atoms with Gasteiger partial charge in [-0.2, -0.15) is 0 Å². The summed E-state index contributed by atoms with van der Waals surface area (Å²) in [7, 11) is 0. The molecule has 1 fully saturated rings. The second kappa shape index (κ2) is 3.61. The summed E-state index contributed by atoms with van der Waals surface area (Å²) >= 11 is 0. The summed E-state index contributed by atoms with van der Waals surface area (Å²) in [6, 6.07) is 9.55. The van der Waals surface area contributed by atoms with Gasteiger partial charge in [0.15, 0.2) is 0 Å². The highest BCUT2D eigenvalue weighted by Gasteiger charge is 2.21. The Hall–Kier alpha value is -1.28. The van der Waals surface area contributed by atoms with Gasteiger partial charge in [0.2, 0.25) is 0 Å². The first-order valence-corrected chi connectivity index (χ1v) is 6.46. The Morgan fingerprint density at radius 2 is 2.00 bits per heavy atom. The number of rotatable bonds is 2. The first-order valence-electron chi connectivity index (χ1n) is 6.46. The van der Waals surface area contributed by atoms with Crippen LogP contribution in [0.1, 0.15) is 44.7 Å². The first-order chi connectivity index (χ1) is 8.05. The summed E-state index contributed by atoms with van der Waals surface area (Å²) in [5.74, 6) is 0. The zero-order valence-electron chi connectivity index (χ0n) is 10.6. The van der Waals surface area contributed by atoms with Gasteiger partial charge in [0, 0.05) is 23.3 Å². The second-order valence-electron chi connectivity index (χ2n) is 5.80. The molecule has 2 heteroatoms. The van der Waals surface area contributed by atoms with E-state index in [1.807, 2.05) is 0 Å². The topological polar surface area (TPSA) is 30.9 Å². The van der Waals surface area contributed by atoms with Gasteiger partial charge in [0.05, 0.1) is 0 Å². The Kier molecular flexibility index (Phi) is 2.30. The number of benzene rings is 1. The standard InChI is InChI=1S/C15H20N2/c1-15(2,16)12-6-7-14-11(10-12)8-9-17(14)13-4-3-5-13/h6-10,13H,3-5,16H2,1-2H3. The fourth-order valence-electron chi connectivity index (χ4n) is 2.55. The minimum atomic E-state index is -0.257. The quantitative estimate of drug-likeness (QED) is 0.837. The molecular weight excluding hydrogens is 208 g/mol. The van der Waals surface area contributed by atoms with Crippen molar-refractivity contribution in [1.82, 2.24) is 4.57 Å². The van der Waals surface area contributed by atoms with E-state index in [0.717, 1.165) is 6.04 Å². The average Bonchev–Trinajstić information content (AvgIpc) is 2.57. The monoisotopic (exact) mass is 228 g/mol. The Labute approximate surface area is 102 Å². The van der Waals surface area contributed by atoms with Crippen molar-refractivity contribution in [1.29, 1.82) is 0 Å². The fraction of sp³-hybridized carbons (Fsp3) is 0.467. The van der Waals surface area contributed by atoms with Crippen LogP contribution in [0.2, 0.25) is 0 Å². The van der Waals surface area contributed by atoms with Crippen molar-refractivity contribution >= 4 is 10.9 Å². The lowest BCUT2D eigenvalue weighted by molar-refractivity contribution is 0.321. The Bertz CT molecular complexity index is 542. The third-order valence-electron chi connectivity index (χ3n) is 3.93. The molecule has 1 saturated carbocycles. The highest BCUT2D eigenvalue weighted by molar-refractivity contribution is 5.81. The van der Waals surface area contributed by atoms with E-state index in [4.69, 9.17) is 5.73 Å². The van der Waals surface area contributed by atoms with Crippen LogP contribution in [-0.2, 0) is 5.54 Å². The lowest BCUT2D eigenvalue weighted by atomic mass is 9.92. The molecule has 1 aliphatic rings. The zero-order valence-corrected chi connectivity index (χ0v) is 10.6. The molecule has 0 unspecified atom stereocenters. The highest BCUT2D eigenvalue weighted by atomic mass is 15.0. The van der Waals surface area contributed by atoms with Gasteiger partial charge in [-0.05, 0) is 62.3 Å². The second-order valence-corrected chi connectivity index (χ2v) is 5.80. The van der Waals surface area contributed by atoms with E-state index in [1.54, 1.807) is 0 Å². The number of aromatic nitrogens is 1. The van der Waals surface area contributed by atoms with Crippen molar-refractivity contribution in [2.24, 2.45) is 5.73 Å². The molecular formula is C15H20N2. The SMILES string of the molecule is CC(C)(N)c1ccc2c(ccn2C2CCC2)c1. The Morgan fingerprint density at radius 1 is 1.24 bits per heavy atom. The van der Waals surface area contributed by atoms with Gasteiger partial charge in [-0.25, -0.2) is 0 Å². The molecule has 17 heavy (non-hydrogen) atoms. The number of nitrogens with zero attached hydrogens (tertiary/aromatic N) is 1. The number of nitrogens with two attached hydrogens (primary N) is 1. The molecule has 90 valence electrons. The molecule has 0 saturated heterocycles. The maximum atomic E-state index is 6.14. The van der Waals surface area contributed by atoms with E-state index < -0.39 is 0 Å². The van der Waals surface area contributed by atoms with E-state index >= 15 is 0 Å². The molecule has 0 spiro atoms. The van der Waals surface area contributed by atoms with Crippen LogP contribution in [-0.4, -0.2) is 4.57 Å². The number of fused-ring (bicyclic) bond motifs is 1. The summed E-state index contributed by atoms with van der Waals surface area (Å²) in [5.41, 5.74) is 8.44. The summed E-state index contributed by atoms with van der Waals surface area (Å²) < 4.78 is 2.42. The molecule has 1 heterocycles. The van der Waals surface area contributed by atoms with E-state index in [0.29, 0.717) is 0 Å². The minimum Gasteiger partial charge on any atom is -0.344 e. The van der Waals surface area contributed by atoms with Crippen LogP contribution in [0.3, 0.4) is 0 Å². The predicted octanol–water partition coefficient (Wildman–Crippen LogP) is 3.56. The van der Waals surface area contributed by atoms with Gasteiger partial charge < -0.3 is 10.3 Å². The van der Waals surface area contributed by atoms with Crippen molar-refractivity contribution in [3.8, 4) is 0 Å². The maximum Gasteiger partial charge on any atom is 0.0483 e. The van der Waals surface area contributed by atoms with Crippen molar-refractivity contribution < 1.29 is 0 Å². The van der Waals surface area contributed by atoms with E-state index in [1.165, 1.54) is 35.7 Å². The molecule has 1 aliphatic carbocycles. The molecule has 0 radical (unpaired) electrons. The molecule has 2 aromatic rings. The van der Waals surface area contributed by atoms with Gasteiger partial charge in [0.25, 0.3) is 0 Å². The molecule has 0 bridgehead atoms. The van der Waals surface area contributed by atoms with Gasteiger partial charge in [-0.1, -0.05) is 6.07 Å². The molecule has 1 aromatic carbocycles. The number of hydrogen-bond donors (Lipinski definition) is 1. The molecule has 1 aromatic heterocycles. The minimum absolute atomic E-state index is 0.257. The number of hydrogen-bond acceptors (Lipinski definition) is 1. The molecule has 0 amide bonds. The van der Waals surface area contributed by atoms with E-state index in [9.17, 15) is 0 Å². The lowest BCUT2D eigenvalue weighted by Gasteiger charge is -2.28. The summed E-state index contributed by atoms with van der Waals surface area (Å²) in [4.78, 5) is 0. The van der Waals surface area contributed by atoms with Crippen molar-refractivity contribution in [2.75, 3.05) is 0 Å². The predicted molar refractivity (Wildman–Crippen MR) is 72.0 cm³/mol. The Morgan fingerprint density at radius 3 is 2.59 bits per heavy atom. The molecule has 0 aliphatic heterocycles. The van der Waals surface area contributed by atoms with Crippen LogP contribution < -0.4 is 5.73 Å². The average molecular weight is 228 g/mol. The van der Waals surface area contributed by atoms with Crippen molar-refractivity contribution in [3.63, 3.8) is 0 Å². The van der Waals surface area contributed by atoms with Crippen LogP contribution in [0, 0.1) is 0 Å². The summed E-state index contributed by atoms with van der Waals surface area (Å²) in [6.07, 6.45) is 6.25. The summed E-state index contributed by atoms with van der Waals surface area (Å²) in [5, 5.41) is 1.31. The molecule has 3 rings (SSSR count). The van der Waals surface area contributed by atoms with E-state index in [-0.39, 0.29) is 5.54 Å². The fourth-order valence-corrected chi connectivity index (χ4v) is 2.55. The largest absolute Gasteiger partial charge is 0.344 e. The van der Waals surface area contributed by atoms with Gasteiger partial charge >= 0.3 is 0 Å². The van der Waals surface area contributed by atoms with E-state index in [2.05, 4.69) is 48.9 Å². The van der Waals surface area contributed by atoms with Crippen LogP contribution in [0.4, 0.5) is 0 Å². The summed E-state index contributed by atoms with van der Waals surface area (Å²) in [6.45, 7) is 4.11. The lowest BCUT2D eigenvalue weighted by Crippen LogP contribution is -2.28. The maximum absolute atomic E-state index is 6.14. The normalized spacial score (nSPS) is 17.4. The van der Waals surface area contributed by atoms with Crippen molar-refractivity contribution in [3.05, 3.63) is 36.0 Å². The molecule has 2 N–H and O–H groups in total. The van der Waals surface area contributed by atoms with Crippen LogP contribution in [0.15, 0.2) is 30.5 Å². The van der Waals surface area contributed by atoms with Crippen LogP contribution in [0.5, 0.6) is 0 Å². The molecule has 2 nitrogen and oxygen atoms in total. The smallest absolute Gasteiger partial charge is 0.0483 e. The van der Waals surface area contributed by atoms with Crippen LogP contribution in [0.25, 0.3) is 10.9 Å². The third kappa shape index (κ3) is 1.77.